The molecule has 8 heteroatoms. The molecular formula is C14H20N2O4S2. The van der Waals surface area contributed by atoms with Crippen molar-refractivity contribution in [2.75, 3.05) is 19.6 Å². The van der Waals surface area contributed by atoms with Crippen molar-refractivity contribution in [3.63, 3.8) is 0 Å². The van der Waals surface area contributed by atoms with Crippen molar-refractivity contribution < 1.29 is 16.8 Å². The number of nitrogens with one attached hydrogen (secondary N) is 1. The molecule has 22 heavy (non-hydrogen) atoms. The van der Waals surface area contributed by atoms with Gasteiger partial charge in [0.15, 0.2) is 0 Å². The first-order valence-electron chi connectivity index (χ1n) is 7.49. The number of nitrogens with zero attached hydrogens (tertiary/aromatic N) is 1. The lowest BCUT2D eigenvalue weighted by atomic mass is 10.4. The van der Waals surface area contributed by atoms with Crippen LogP contribution in [0.4, 0.5) is 0 Å². The van der Waals surface area contributed by atoms with Crippen LogP contribution in [0.2, 0.25) is 0 Å². The number of sulfonamides is 2. The van der Waals surface area contributed by atoms with Gasteiger partial charge in [-0.2, -0.15) is 4.31 Å². The van der Waals surface area contributed by atoms with E-state index in [0.717, 1.165) is 25.7 Å². The van der Waals surface area contributed by atoms with Crippen LogP contribution in [-0.2, 0) is 20.0 Å². The number of benzene rings is 1. The fourth-order valence-corrected chi connectivity index (χ4v) is 5.13. The molecule has 0 amide bonds. The van der Waals surface area contributed by atoms with Crippen LogP contribution in [0.15, 0.2) is 34.1 Å². The molecule has 0 bridgehead atoms. The summed E-state index contributed by atoms with van der Waals surface area (Å²) in [6, 6.07) is 5.47. The molecule has 1 saturated carbocycles. The summed E-state index contributed by atoms with van der Waals surface area (Å²) < 4.78 is 53.0. The van der Waals surface area contributed by atoms with Gasteiger partial charge in [0.25, 0.3) is 0 Å². The molecule has 1 aliphatic carbocycles. The summed E-state index contributed by atoms with van der Waals surface area (Å²) in [5.41, 5.74) is 0. The first kappa shape index (κ1) is 15.9. The fourth-order valence-electron chi connectivity index (χ4n) is 2.50. The molecule has 2 fully saturated rings. The predicted octanol–water partition coefficient (Wildman–Crippen LogP) is 1.16. The van der Waals surface area contributed by atoms with Crippen LogP contribution in [0.3, 0.4) is 0 Å². The van der Waals surface area contributed by atoms with Crippen molar-refractivity contribution in [1.29, 1.82) is 0 Å². The Bertz CT molecular complexity index is 732. The van der Waals surface area contributed by atoms with Crippen molar-refractivity contribution in [3.05, 3.63) is 24.3 Å². The molecule has 0 unspecified atom stereocenters. The molecule has 122 valence electrons. The van der Waals surface area contributed by atoms with Crippen LogP contribution in [0.5, 0.6) is 0 Å². The van der Waals surface area contributed by atoms with E-state index in [1.165, 1.54) is 28.6 Å². The summed E-state index contributed by atoms with van der Waals surface area (Å²) in [5, 5.41) is 0. The largest absolute Gasteiger partial charge is 0.243 e. The quantitative estimate of drug-likeness (QED) is 0.839. The number of hydrogen-bond acceptors (Lipinski definition) is 4. The second-order valence-corrected chi connectivity index (χ2v) is 9.58. The zero-order valence-electron chi connectivity index (χ0n) is 12.2. The monoisotopic (exact) mass is 344 g/mol. The highest BCUT2D eigenvalue weighted by molar-refractivity contribution is 7.89. The van der Waals surface area contributed by atoms with E-state index < -0.39 is 20.0 Å². The van der Waals surface area contributed by atoms with E-state index >= 15 is 0 Å². The maximum absolute atomic E-state index is 12.4. The molecule has 1 heterocycles. The first-order valence-corrected chi connectivity index (χ1v) is 10.4. The average molecular weight is 344 g/mol. The SMILES string of the molecule is O=S(=O)(NCC1CC1)c1ccc(S(=O)(=O)N2CCCC2)cc1. The van der Waals surface area contributed by atoms with E-state index in [1.807, 2.05) is 0 Å². The summed E-state index contributed by atoms with van der Waals surface area (Å²) in [6.07, 6.45) is 3.87. The molecule has 0 radical (unpaired) electrons. The maximum Gasteiger partial charge on any atom is 0.243 e. The predicted molar refractivity (Wildman–Crippen MR) is 82.3 cm³/mol. The summed E-state index contributed by atoms with van der Waals surface area (Å²) >= 11 is 0. The van der Waals surface area contributed by atoms with E-state index in [1.54, 1.807) is 0 Å². The molecule has 1 aliphatic heterocycles. The third-order valence-electron chi connectivity index (χ3n) is 4.10. The molecule has 1 N–H and O–H groups in total. The summed E-state index contributed by atoms with van der Waals surface area (Å²) in [4.78, 5) is 0.254. The summed E-state index contributed by atoms with van der Waals surface area (Å²) in [6.45, 7) is 1.52. The zero-order chi connectivity index (χ0) is 15.8. The fraction of sp³-hybridized carbons (Fsp3) is 0.571. The minimum absolute atomic E-state index is 0.105. The van der Waals surface area contributed by atoms with Gasteiger partial charge in [-0.25, -0.2) is 21.6 Å². The van der Waals surface area contributed by atoms with E-state index in [-0.39, 0.29) is 9.79 Å². The summed E-state index contributed by atoms with van der Waals surface area (Å²) in [5.74, 6) is 0.449. The molecule has 0 spiro atoms. The van der Waals surface area contributed by atoms with Gasteiger partial charge < -0.3 is 0 Å². The molecule has 0 aromatic heterocycles. The van der Waals surface area contributed by atoms with E-state index in [0.29, 0.717) is 25.6 Å². The number of hydrogen-bond donors (Lipinski definition) is 1. The Kier molecular flexibility index (Phi) is 4.28. The molecular weight excluding hydrogens is 324 g/mol. The van der Waals surface area contributed by atoms with E-state index in [2.05, 4.69) is 4.72 Å². The van der Waals surface area contributed by atoms with Crippen LogP contribution in [0.25, 0.3) is 0 Å². The Balaban J connectivity index is 1.77. The van der Waals surface area contributed by atoms with Crippen molar-refractivity contribution in [2.45, 2.75) is 35.5 Å². The Labute approximate surface area is 131 Å². The molecule has 1 saturated heterocycles. The van der Waals surface area contributed by atoms with Crippen LogP contribution in [-0.4, -0.2) is 40.8 Å². The molecule has 0 atom stereocenters. The van der Waals surface area contributed by atoms with Crippen LogP contribution in [0, 0.1) is 5.92 Å². The van der Waals surface area contributed by atoms with Gasteiger partial charge in [0.2, 0.25) is 20.0 Å². The van der Waals surface area contributed by atoms with Crippen LogP contribution in [0.1, 0.15) is 25.7 Å². The standard InChI is InChI=1S/C14H20N2O4S2/c17-21(18,15-11-12-3-4-12)13-5-7-14(8-6-13)22(19,20)16-9-1-2-10-16/h5-8,12,15H,1-4,9-11H2. The lowest BCUT2D eigenvalue weighted by Gasteiger charge is -2.15. The van der Waals surface area contributed by atoms with Gasteiger partial charge in [0.05, 0.1) is 9.79 Å². The minimum Gasteiger partial charge on any atom is -0.211 e. The van der Waals surface area contributed by atoms with Gasteiger partial charge in [0, 0.05) is 19.6 Å². The second kappa shape index (κ2) is 5.92. The van der Waals surface area contributed by atoms with Crippen LogP contribution < -0.4 is 4.72 Å². The minimum atomic E-state index is -3.56. The molecule has 3 rings (SSSR count). The molecule has 1 aromatic rings. The third-order valence-corrected chi connectivity index (χ3v) is 7.45. The van der Waals surface area contributed by atoms with Crippen molar-refractivity contribution in [2.24, 2.45) is 5.92 Å². The Morgan fingerprint density at radius 1 is 0.955 bits per heavy atom. The van der Waals surface area contributed by atoms with E-state index in [9.17, 15) is 16.8 Å². The Morgan fingerprint density at radius 3 is 2.05 bits per heavy atom. The number of rotatable bonds is 6. The molecule has 1 aromatic carbocycles. The highest BCUT2D eigenvalue weighted by atomic mass is 32.2. The second-order valence-electron chi connectivity index (χ2n) is 5.88. The lowest BCUT2D eigenvalue weighted by molar-refractivity contribution is 0.477. The molecule has 2 aliphatic rings. The zero-order valence-corrected chi connectivity index (χ0v) is 13.9. The Hall–Kier alpha value is -0.960. The average Bonchev–Trinajstić information content (AvgIpc) is 3.16. The highest BCUT2D eigenvalue weighted by Gasteiger charge is 2.28. The van der Waals surface area contributed by atoms with Gasteiger partial charge in [-0.1, -0.05) is 0 Å². The lowest BCUT2D eigenvalue weighted by Crippen LogP contribution is -2.28. The van der Waals surface area contributed by atoms with Crippen molar-refractivity contribution in [1.82, 2.24) is 9.03 Å². The van der Waals surface area contributed by atoms with Crippen LogP contribution >= 0.6 is 0 Å². The maximum atomic E-state index is 12.4. The van der Waals surface area contributed by atoms with Crippen molar-refractivity contribution in [3.8, 4) is 0 Å². The third kappa shape index (κ3) is 3.34. The first-order chi connectivity index (χ1) is 10.4. The van der Waals surface area contributed by atoms with Gasteiger partial charge in [-0.3, -0.25) is 0 Å². The van der Waals surface area contributed by atoms with Gasteiger partial charge in [0.1, 0.15) is 0 Å². The van der Waals surface area contributed by atoms with Gasteiger partial charge >= 0.3 is 0 Å². The normalized spacial score (nSPS) is 20.4. The topological polar surface area (TPSA) is 83.5 Å². The van der Waals surface area contributed by atoms with Gasteiger partial charge in [-0.05, 0) is 55.9 Å². The van der Waals surface area contributed by atoms with E-state index in [4.69, 9.17) is 0 Å². The Morgan fingerprint density at radius 2 is 1.50 bits per heavy atom. The van der Waals surface area contributed by atoms with Gasteiger partial charge in [-0.15, -0.1) is 0 Å². The molecule has 6 nitrogen and oxygen atoms in total. The highest BCUT2D eigenvalue weighted by Crippen LogP contribution is 2.28. The van der Waals surface area contributed by atoms with Crippen molar-refractivity contribution >= 4 is 20.0 Å². The smallest absolute Gasteiger partial charge is 0.211 e. The summed E-state index contributed by atoms with van der Waals surface area (Å²) in [7, 11) is -7.05.